The first-order valence-electron chi connectivity index (χ1n) is 14.7. The Hall–Kier alpha value is -3.64. The number of anilines is 1. The van der Waals surface area contributed by atoms with E-state index in [4.69, 9.17) is 4.74 Å². The van der Waals surface area contributed by atoms with E-state index in [0.717, 1.165) is 49.0 Å². The van der Waals surface area contributed by atoms with Crippen LogP contribution in [0.2, 0.25) is 0 Å². The molecule has 220 valence electrons. The molecule has 1 heterocycles. The molecule has 1 amide bonds. The van der Waals surface area contributed by atoms with E-state index < -0.39 is 11.7 Å². The first-order chi connectivity index (χ1) is 19.7. The minimum atomic E-state index is -0.546. The monoisotopic (exact) mass is 560 g/mol. The number of aryl methyl sites for hydroxylation is 1. The summed E-state index contributed by atoms with van der Waals surface area (Å²) in [6, 6.07) is 23.9. The molecule has 5 nitrogen and oxygen atoms in total. The number of phenolic OH excluding ortho intramolecular Hbond substituents is 1. The molecular formula is C35H45FN2O3. The molecule has 3 aromatic carbocycles. The van der Waals surface area contributed by atoms with E-state index >= 15 is 0 Å². The number of aromatic hydroxyl groups is 1. The van der Waals surface area contributed by atoms with E-state index in [1.807, 2.05) is 51.1 Å². The number of hydrogen-bond acceptors (Lipinski definition) is 4. The Labute approximate surface area is 245 Å². The second-order valence-electron chi connectivity index (χ2n) is 11.7. The van der Waals surface area contributed by atoms with Gasteiger partial charge >= 0.3 is 6.09 Å². The van der Waals surface area contributed by atoms with Crippen LogP contribution >= 0.6 is 0 Å². The molecule has 1 aliphatic carbocycles. The van der Waals surface area contributed by atoms with Crippen molar-refractivity contribution < 1.29 is 20.5 Å². The van der Waals surface area contributed by atoms with Crippen LogP contribution in [0.4, 0.5) is 14.9 Å². The quantitative estimate of drug-likeness (QED) is 0.316. The number of likely N-dealkylation sites (tertiary alicyclic amines) is 1. The molecule has 6 heteroatoms. The molecule has 0 saturated carbocycles. The van der Waals surface area contributed by atoms with Crippen molar-refractivity contribution in [3.63, 3.8) is 0 Å². The fraction of sp³-hybridized carbons (Fsp3) is 0.400. The van der Waals surface area contributed by atoms with Gasteiger partial charge in [-0.3, -0.25) is 9.71 Å². The van der Waals surface area contributed by atoms with Gasteiger partial charge in [-0.15, -0.1) is 0 Å². The van der Waals surface area contributed by atoms with E-state index in [-0.39, 0.29) is 13.9 Å². The summed E-state index contributed by atoms with van der Waals surface area (Å²) in [6.07, 6.45) is 5.76. The standard InChI is InChI=1S/C28H29NO3.C7H14FN.H2/c1-28(2,3)32-27(31)29-22-14-17-25-21(18-22)10-7-11-24(19-8-5-4-6-9-19)26(25)20-12-15-23(30)16-13-20;8-4-3-7-9-5-1-2-6-9;/h4-6,8-9,12-18,30H,7,10-11H2,1-3H3,(H,29,31);1-7H2;1H. The van der Waals surface area contributed by atoms with Crippen LogP contribution in [-0.4, -0.2) is 48.0 Å². The van der Waals surface area contributed by atoms with Gasteiger partial charge in [0.1, 0.15) is 11.4 Å². The van der Waals surface area contributed by atoms with Crippen molar-refractivity contribution in [2.75, 3.05) is 31.6 Å². The summed E-state index contributed by atoms with van der Waals surface area (Å²) in [7, 11) is 0. The van der Waals surface area contributed by atoms with Crippen molar-refractivity contribution in [3.05, 3.63) is 95.1 Å². The molecule has 3 aromatic rings. The topological polar surface area (TPSA) is 61.8 Å². The first kappa shape index (κ1) is 30.3. The van der Waals surface area contributed by atoms with Crippen LogP contribution in [0.3, 0.4) is 0 Å². The number of nitrogens with zero attached hydrogens (tertiary/aromatic N) is 1. The Kier molecular flexibility index (Phi) is 10.6. The third kappa shape index (κ3) is 8.92. The summed E-state index contributed by atoms with van der Waals surface area (Å²) in [5, 5.41) is 12.7. The summed E-state index contributed by atoms with van der Waals surface area (Å²) in [4.78, 5) is 14.6. The highest BCUT2D eigenvalue weighted by molar-refractivity contribution is 6.00. The fourth-order valence-corrected chi connectivity index (χ4v) is 5.46. The Bertz CT molecular complexity index is 1310. The predicted molar refractivity (Wildman–Crippen MR) is 168 cm³/mol. The zero-order valence-electron chi connectivity index (χ0n) is 24.6. The Morgan fingerprint density at radius 3 is 2.32 bits per heavy atom. The molecule has 1 aliphatic heterocycles. The lowest BCUT2D eigenvalue weighted by Gasteiger charge is -2.20. The van der Waals surface area contributed by atoms with Crippen LogP contribution in [0.5, 0.6) is 5.75 Å². The molecule has 2 aliphatic rings. The van der Waals surface area contributed by atoms with Crippen molar-refractivity contribution in [1.82, 2.24) is 4.90 Å². The average Bonchev–Trinajstić information content (AvgIpc) is 3.39. The predicted octanol–water partition coefficient (Wildman–Crippen LogP) is 8.72. The molecule has 1 saturated heterocycles. The van der Waals surface area contributed by atoms with Gasteiger partial charge in [-0.1, -0.05) is 48.5 Å². The van der Waals surface area contributed by atoms with E-state index in [0.29, 0.717) is 0 Å². The van der Waals surface area contributed by atoms with Gasteiger partial charge in [0.05, 0.1) is 6.67 Å². The van der Waals surface area contributed by atoms with Crippen molar-refractivity contribution >= 4 is 22.9 Å². The number of carbonyl (C=O) groups excluding carboxylic acids is 1. The molecule has 41 heavy (non-hydrogen) atoms. The normalized spacial score (nSPS) is 15.4. The second-order valence-corrected chi connectivity index (χ2v) is 11.7. The molecule has 0 atom stereocenters. The molecular weight excluding hydrogens is 515 g/mol. The third-order valence-corrected chi connectivity index (χ3v) is 7.28. The van der Waals surface area contributed by atoms with Crippen molar-refractivity contribution in [3.8, 4) is 5.75 Å². The number of fused-ring (bicyclic) bond motifs is 1. The van der Waals surface area contributed by atoms with Gasteiger partial charge in [0.25, 0.3) is 0 Å². The SMILES string of the molecule is CC(C)(C)OC(=O)Nc1ccc2c(c1)CCCC(c1ccccc1)=C2c1ccc(O)cc1.FCCCN1CCCC1.[HH]. The van der Waals surface area contributed by atoms with Crippen LogP contribution in [0.25, 0.3) is 11.1 Å². The third-order valence-electron chi connectivity index (χ3n) is 7.28. The lowest BCUT2D eigenvalue weighted by Crippen LogP contribution is -2.27. The summed E-state index contributed by atoms with van der Waals surface area (Å²) < 4.78 is 17.0. The zero-order valence-corrected chi connectivity index (χ0v) is 24.6. The van der Waals surface area contributed by atoms with Crippen molar-refractivity contribution in [2.45, 2.75) is 64.9 Å². The molecule has 0 bridgehead atoms. The van der Waals surface area contributed by atoms with Crippen molar-refractivity contribution in [2.24, 2.45) is 0 Å². The van der Waals surface area contributed by atoms with Crippen LogP contribution in [0, 0.1) is 0 Å². The minimum Gasteiger partial charge on any atom is -0.508 e. The highest BCUT2D eigenvalue weighted by atomic mass is 19.1. The Morgan fingerprint density at radius 2 is 1.66 bits per heavy atom. The maximum atomic E-state index is 12.3. The number of carbonyl (C=O) groups is 1. The van der Waals surface area contributed by atoms with Gasteiger partial charge in [-0.2, -0.15) is 0 Å². The number of amides is 1. The number of ether oxygens (including phenoxy) is 1. The number of hydrogen-bond donors (Lipinski definition) is 2. The van der Waals surface area contributed by atoms with Crippen LogP contribution < -0.4 is 5.32 Å². The molecule has 1 fully saturated rings. The number of rotatable bonds is 6. The van der Waals surface area contributed by atoms with E-state index in [1.54, 1.807) is 12.1 Å². The van der Waals surface area contributed by atoms with Gasteiger partial charge in [0.15, 0.2) is 0 Å². The number of nitrogens with one attached hydrogen (secondary N) is 1. The lowest BCUT2D eigenvalue weighted by atomic mass is 9.88. The number of alkyl halides is 1. The lowest BCUT2D eigenvalue weighted by molar-refractivity contribution is 0.0636. The van der Waals surface area contributed by atoms with E-state index in [9.17, 15) is 14.3 Å². The Morgan fingerprint density at radius 1 is 0.951 bits per heavy atom. The highest BCUT2D eigenvalue weighted by Crippen LogP contribution is 2.40. The maximum Gasteiger partial charge on any atom is 0.412 e. The molecule has 0 unspecified atom stereocenters. The highest BCUT2D eigenvalue weighted by Gasteiger charge is 2.22. The summed E-state index contributed by atoms with van der Waals surface area (Å²) in [5.41, 5.74) is 7.27. The van der Waals surface area contributed by atoms with Gasteiger partial charge in [0, 0.05) is 13.7 Å². The fourth-order valence-electron chi connectivity index (χ4n) is 5.46. The number of phenols is 1. The van der Waals surface area contributed by atoms with Gasteiger partial charge in [0.2, 0.25) is 0 Å². The minimum absolute atomic E-state index is 0. The van der Waals surface area contributed by atoms with Crippen molar-refractivity contribution in [1.29, 1.82) is 0 Å². The summed E-state index contributed by atoms with van der Waals surface area (Å²) in [6.45, 7) is 8.75. The van der Waals surface area contributed by atoms with Gasteiger partial charge in [-0.25, -0.2) is 4.79 Å². The van der Waals surface area contributed by atoms with Crippen LogP contribution in [-0.2, 0) is 11.2 Å². The summed E-state index contributed by atoms with van der Waals surface area (Å²) >= 11 is 0. The molecule has 2 N–H and O–H groups in total. The number of allylic oxidation sites excluding steroid dienone is 1. The van der Waals surface area contributed by atoms with Crippen LogP contribution in [0.1, 0.15) is 76.6 Å². The molecule has 5 rings (SSSR count). The number of halogens is 1. The van der Waals surface area contributed by atoms with Crippen LogP contribution in [0.15, 0.2) is 72.8 Å². The maximum absolute atomic E-state index is 12.3. The number of benzene rings is 3. The smallest absolute Gasteiger partial charge is 0.412 e. The van der Waals surface area contributed by atoms with Gasteiger partial charge < -0.3 is 14.7 Å². The molecule has 0 radical (unpaired) electrons. The molecule has 0 spiro atoms. The Balaban J connectivity index is 0.000000415. The van der Waals surface area contributed by atoms with Gasteiger partial charge in [-0.05, 0) is 130 Å². The van der Waals surface area contributed by atoms with E-state index in [2.05, 4.69) is 40.5 Å². The largest absolute Gasteiger partial charge is 0.508 e. The van der Waals surface area contributed by atoms with E-state index in [1.165, 1.54) is 48.2 Å². The molecule has 0 aromatic heterocycles. The first-order valence-corrected chi connectivity index (χ1v) is 14.7. The average molecular weight is 561 g/mol. The second kappa shape index (κ2) is 14.3. The zero-order chi connectivity index (χ0) is 29.2. The summed E-state index contributed by atoms with van der Waals surface area (Å²) in [5.74, 6) is 0.251.